The smallest absolute Gasteiger partial charge is 0.316 e. The number of aryl methyl sites for hydroxylation is 4. The molecule has 2 spiro atoms. The number of hydrogen-bond acceptors (Lipinski definition) is 8. The third-order valence-electron chi connectivity index (χ3n) is 11.7. The molecular formula is C46H63ClN2O8. The summed E-state index contributed by atoms with van der Waals surface area (Å²) in [6, 6.07) is 11.9. The summed E-state index contributed by atoms with van der Waals surface area (Å²) in [4.78, 5) is 48.6. The van der Waals surface area contributed by atoms with E-state index in [1.807, 2.05) is 84.9 Å². The van der Waals surface area contributed by atoms with Crippen molar-refractivity contribution in [3.63, 3.8) is 0 Å². The van der Waals surface area contributed by atoms with Crippen LogP contribution in [-0.4, -0.2) is 62.6 Å². The van der Waals surface area contributed by atoms with Crippen molar-refractivity contribution in [2.75, 3.05) is 13.2 Å². The second-order valence-electron chi connectivity index (χ2n) is 18.6. The van der Waals surface area contributed by atoms with E-state index >= 15 is 0 Å². The number of aliphatic hydroxyl groups excluding tert-OH is 3. The molecule has 11 heteroatoms. The van der Waals surface area contributed by atoms with Gasteiger partial charge in [-0.15, -0.1) is 0 Å². The molecule has 2 saturated carbocycles. The van der Waals surface area contributed by atoms with Crippen LogP contribution >= 0.6 is 11.6 Å². The maximum atomic E-state index is 13.1. The number of nitrogens with one attached hydrogen (secondary N) is 2. The Hall–Kier alpha value is -3.99. The molecule has 57 heavy (non-hydrogen) atoms. The Morgan fingerprint density at radius 1 is 0.702 bits per heavy atom. The van der Waals surface area contributed by atoms with E-state index < -0.39 is 16.5 Å². The molecule has 2 aliphatic carbocycles. The van der Waals surface area contributed by atoms with E-state index in [0.29, 0.717) is 42.6 Å². The van der Waals surface area contributed by atoms with Crippen LogP contribution in [0.5, 0.6) is 0 Å². The summed E-state index contributed by atoms with van der Waals surface area (Å²) in [6.07, 6.45) is 5.90. The monoisotopic (exact) mass is 806 g/mol. The van der Waals surface area contributed by atoms with Crippen molar-refractivity contribution in [3.8, 4) is 0 Å². The van der Waals surface area contributed by atoms with Gasteiger partial charge in [-0.25, -0.2) is 0 Å². The lowest BCUT2D eigenvalue weighted by atomic mass is 9.75. The molecule has 0 atom stereocenters. The molecule has 0 unspecified atom stereocenters. The Morgan fingerprint density at radius 2 is 1.09 bits per heavy atom. The second kappa shape index (κ2) is 17.9. The lowest BCUT2D eigenvalue weighted by molar-refractivity contribution is -0.150. The number of amides is 2. The quantitative estimate of drug-likeness (QED) is 0.150. The van der Waals surface area contributed by atoms with Gasteiger partial charge in [-0.3, -0.25) is 19.2 Å². The summed E-state index contributed by atoms with van der Waals surface area (Å²) in [6.45, 7) is 19.0. The Labute approximate surface area is 343 Å². The Bertz CT molecular complexity index is 1920. The van der Waals surface area contributed by atoms with Gasteiger partial charge in [0.2, 0.25) is 5.24 Å². The molecule has 2 aromatic carbocycles. The molecule has 0 bridgehead atoms. The van der Waals surface area contributed by atoms with Gasteiger partial charge < -0.3 is 30.7 Å². The van der Waals surface area contributed by atoms with Crippen LogP contribution in [0.2, 0.25) is 0 Å². The highest BCUT2D eigenvalue weighted by molar-refractivity contribution is 6.64. The van der Waals surface area contributed by atoms with Crippen LogP contribution in [0.4, 0.5) is 0 Å². The standard InChI is InChI=1S/C23H31NO4.C18H23NO3.C5H9ClO/c1-14-6-7-15(2)17(12-14)18-19(28-21(27)22(3,4)5)23(24-20(18)26)10-8-16(13-25)9-11-23;1-11-3-4-12(2)14(9-11)15-16(21)18(19-17(15)22)7-5-13(10-20)6-8-18;1-5(2,3)4(6)7/h6-7,12,16,25H,8-11,13H2,1-5H3,(H,24,26);3-4,9,13,20-21H,5-8,10H2,1-2H3,(H,19,22);1-3H3. The van der Waals surface area contributed by atoms with Crippen LogP contribution < -0.4 is 10.6 Å². The summed E-state index contributed by atoms with van der Waals surface area (Å²) in [5.74, 6) is 0.434. The largest absolute Gasteiger partial charge is 0.509 e. The van der Waals surface area contributed by atoms with Crippen molar-refractivity contribution in [2.45, 2.75) is 132 Å². The van der Waals surface area contributed by atoms with Crippen LogP contribution in [-0.2, 0) is 23.9 Å². The van der Waals surface area contributed by atoms with Crippen LogP contribution in [0.25, 0.3) is 11.1 Å². The molecule has 2 aliphatic heterocycles. The first-order chi connectivity index (χ1) is 26.5. The van der Waals surface area contributed by atoms with Crippen molar-refractivity contribution in [3.05, 3.63) is 81.3 Å². The first-order valence-electron chi connectivity index (χ1n) is 20.1. The zero-order chi connectivity index (χ0) is 42.7. The Kier molecular flexibility index (Phi) is 14.3. The normalized spacial score (nSPS) is 24.7. The summed E-state index contributed by atoms with van der Waals surface area (Å²) < 4.78 is 5.97. The van der Waals surface area contributed by atoms with Crippen LogP contribution in [0.3, 0.4) is 0 Å². The number of halogens is 1. The number of aliphatic hydroxyl groups is 3. The minimum Gasteiger partial charge on any atom is -0.509 e. The van der Waals surface area contributed by atoms with Gasteiger partial charge in [-0.05, 0) is 146 Å². The molecule has 0 saturated heterocycles. The van der Waals surface area contributed by atoms with E-state index in [9.17, 15) is 34.5 Å². The number of rotatable bonds is 5. The van der Waals surface area contributed by atoms with Gasteiger partial charge in [0.1, 0.15) is 11.5 Å². The van der Waals surface area contributed by atoms with Gasteiger partial charge in [0.25, 0.3) is 11.8 Å². The molecule has 4 aliphatic rings. The fourth-order valence-electron chi connectivity index (χ4n) is 7.68. The minimum absolute atomic E-state index is 0.148. The Balaban J connectivity index is 0.000000221. The molecule has 6 rings (SSSR count). The van der Waals surface area contributed by atoms with Gasteiger partial charge in [-0.2, -0.15) is 0 Å². The summed E-state index contributed by atoms with van der Waals surface area (Å²) in [7, 11) is 0. The maximum Gasteiger partial charge on any atom is 0.316 e. The summed E-state index contributed by atoms with van der Waals surface area (Å²) in [5, 5.41) is 35.4. The van der Waals surface area contributed by atoms with Gasteiger partial charge in [0.05, 0.1) is 27.6 Å². The highest BCUT2D eigenvalue weighted by atomic mass is 35.5. The van der Waals surface area contributed by atoms with Crippen molar-refractivity contribution >= 4 is 45.8 Å². The van der Waals surface area contributed by atoms with Gasteiger partial charge in [0.15, 0.2) is 0 Å². The third-order valence-corrected chi connectivity index (χ3v) is 12.2. The molecule has 5 N–H and O–H groups in total. The number of benzene rings is 2. The summed E-state index contributed by atoms with van der Waals surface area (Å²) in [5.41, 5.74) is 4.26. The number of ether oxygens (including phenoxy) is 1. The van der Waals surface area contributed by atoms with E-state index in [4.69, 9.17) is 16.3 Å². The molecule has 2 heterocycles. The van der Waals surface area contributed by atoms with E-state index in [1.165, 1.54) is 0 Å². The van der Waals surface area contributed by atoms with Gasteiger partial charge in [-0.1, -0.05) is 68.3 Å². The predicted octanol–water partition coefficient (Wildman–Crippen LogP) is 8.08. The number of hydrogen-bond donors (Lipinski definition) is 5. The SMILES string of the molecule is CC(C)(C)C(=O)Cl.Cc1ccc(C)c(C2=C(O)C3(CCC(CO)CC3)NC2=O)c1.Cc1ccc(C)c(C2=C(OC(=O)C(C)(C)C)C3(CCC(CO)CC3)NC2=O)c1. The molecule has 2 fully saturated rings. The molecule has 2 amide bonds. The number of carbonyl (C=O) groups excluding carboxylic acids is 4. The molecule has 10 nitrogen and oxygen atoms in total. The Morgan fingerprint density at radius 3 is 1.49 bits per heavy atom. The van der Waals surface area contributed by atoms with E-state index in [-0.39, 0.29) is 59.2 Å². The molecule has 2 aromatic rings. The predicted molar refractivity (Wildman–Crippen MR) is 224 cm³/mol. The summed E-state index contributed by atoms with van der Waals surface area (Å²) >= 11 is 5.11. The van der Waals surface area contributed by atoms with Crippen molar-refractivity contribution in [2.24, 2.45) is 22.7 Å². The van der Waals surface area contributed by atoms with E-state index in [1.54, 1.807) is 20.8 Å². The van der Waals surface area contributed by atoms with Crippen molar-refractivity contribution < 1.29 is 39.2 Å². The first kappa shape index (κ1) is 45.7. The fourth-order valence-corrected chi connectivity index (χ4v) is 7.68. The lowest BCUT2D eigenvalue weighted by Crippen LogP contribution is -2.48. The highest BCUT2D eigenvalue weighted by Crippen LogP contribution is 2.46. The second-order valence-corrected chi connectivity index (χ2v) is 18.9. The first-order valence-corrected chi connectivity index (χ1v) is 20.5. The van der Waals surface area contributed by atoms with Crippen LogP contribution in [0.15, 0.2) is 47.9 Å². The molecule has 0 radical (unpaired) electrons. The number of esters is 1. The van der Waals surface area contributed by atoms with Crippen molar-refractivity contribution in [1.82, 2.24) is 10.6 Å². The van der Waals surface area contributed by atoms with E-state index in [2.05, 4.69) is 10.6 Å². The zero-order valence-corrected chi connectivity index (χ0v) is 36.2. The zero-order valence-electron chi connectivity index (χ0n) is 35.5. The maximum absolute atomic E-state index is 13.1. The highest BCUT2D eigenvalue weighted by Gasteiger charge is 2.51. The average Bonchev–Trinajstić information content (AvgIpc) is 3.53. The van der Waals surface area contributed by atoms with Gasteiger partial charge >= 0.3 is 5.97 Å². The lowest BCUT2D eigenvalue weighted by Gasteiger charge is -2.38. The van der Waals surface area contributed by atoms with Crippen LogP contribution in [0.1, 0.15) is 126 Å². The molecular weight excluding hydrogens is 744 g/mol. The van der Waals surface area contributed by atoms with Crippen LogP contribution in [0, 0.1) is 50.4 Å². The van der Waals surface area contributed by atoms with Crippen molar-refractivity contribution in [1.29, 1.82) is 0 Å². The third kappa shape index (κ3) is 10.4. The molecule has 312 valence electrons. The molecule has 0 aromatic heterocycles. The van der Waals surface area contributed by atoms with E-state index in [0.717, 1.165) is 59.1 Å². The fraction of sp³-hybridized carbons (Fsp3) is 0.565. The minimum atomic E-state index is -0.672. The number of carbonyl (C=O) groups is 4. The topological polar surface area (TPSA) is 162 Å². The average molecular weight is 807 g/mol. The van der Waals surface area contributed by atoms with Gasteiger partial charge in [0, 0.05) is 18.6 Å².